The van der Waals surface area contributed by atoms with Crippen molar-refractivity contribution in [3.8, 4) is 22.6 Å². The van der Waals surface area contributed by atoms with E-state index in [0.717, 1.165) is 24.3 Å². The van der Waals surface area contributed by atoms with Crippen molar-refractivity contribution in [2.45, 2.75) is 52.2 Å². The summed E-state index contributed by atoms with van der Waals surface area (Å²) in [4.78, 5) is 42.7. The van der Waals surface area contributed by atoms with Crippen molar-refractivity contribution in [3.63, 3.8) is 0 Å². The Kier molecular flexibility index (Phi) is 10.2. The lowest BCUT2D eigenvalue weighted by Gasteiger charge is -2.34. The zero-order chi connectivity index (χ0) is 33.7. The molecule has 0 aliphatic carbocycles. The number of nitrogens with one attached hydrogen (secondary N) is 1. The van der Waals surface area contributed by atoms with Gasteiger partial charge in [-0.25, -0.2) is 4.79 Å². The van der Waals surface area contributed by atoms with Gasteiger partial charge in [-0.15, -0.1) is 0 Å². The summed E-state index contributed by atoms with van der Waals surface area (Å²) >= 11 is 0. The lowest BCUT2D eigenvalue weighted by molar-refractivity contribution is 0.0124. The average molecular weight is 645 g/mol. The summed E-state index contributed by atoms with van der Waals surface area (Å²) in [6.07, 6.45) is 0.501. The molecule has 47 heavy (non-hydrogen) atoms. The Labute approximate surface area is 275 Å². The van der Waals surface area contributed by atoms with E-state index >= 15 is 0 Å². The van der Waals surface area contributed by atoms with E-state index in [4.69, 9.17) is 24.7 Å². The summed E-state index contributed by atoms with van der Waals surface area (Å²) < 4.78 is 23.3. The normalized spacial score (nSPS) is 15.6. The second-order valence-corrected chi connectivity index (χ2v) is 12.8. The third kappa shape index (κ3) is 8.15. The molecular formula is C36H44N4O7. The van der Waals surface area contributed by atoms with Gasteiger partial charge in [0, 0.05) is 61.5 Å². The third-order valence-corrected chi connectivity index (χ3v) is 8.23. The van der Waals surface area contributed by atoms with Crippen LogP contribution in [0.3, 0.4) is 0 Å². The number of benzene rings is 3. The summed E-state index contributed by atoms with van der Waals surface area (Å²) in [5.41, 5.74) is 9.60. The Morgan fingerprint density at radius 3 is 2.34 bits per heavy atom. The Hall–Kier alpha value is -4.77. The largest absolute Gasteiger partial charge is 0.493 e. The SMILES string of the molecule is COc1ccc(C(N)=O)c(-c2cc(NC(=O)c3cccc(N4CCOCC4)c3)ccc2C)c1OC1CCN(C(=O)OC(C)(C)C)CC1. The maximum atomic E-state index is 13.4. The number of hydrogen-bond acceptors (Lipinski definition) is 8. The predicted octanol–water partition coefficient (Wildman–Crippen LogP) is 5.64. The molecule has 11 heteroatoms. The summed E-state index contributed by atoms with van der Waals surface area (Å²) in [7, 11) is 1.54. The molecule has 11 nitrogen and oxygen atoms in total. The number of ether oxygens (including phenoxy) is 4. The van der Waals surface area contributed by atoms with Crippen LogP contribution in [-0.4, -0.2) is 81.0 Å². The maximum Gasteiger partial charge on any atom is 0.410 e. The molecule has 0 spiro atoms. The minimum Gasteiger partial charge on any atom is -0.493 e. The van der Waals surface area contributed by atoms with Crippen LogP contribution in [0.25, 0.3) is 11.1 Å². The molecule has 250 valence electrons. The molecular weight excluding hydrogens is 600 g/mol. The minimum absolute atomic E-state index is 0.258. The Morgan fingerprint density at radius 1 is 0.957 bits per heavy atom. The van der Waals surface area contributed by atoms with Crippen LogP contribution in [0.1, 0.15) is 59.9 Å². The Morgan fingerprint density at radius 2 is 1.68 bits per heavy atom. The first-order valence-electron chi connectivity index (χ1n) is 15.9. The van der Waals surface area contributed by atoms with Crippen molar-refractivity contribution in [2.24, 2.45) is 5.73 Å². The van der Waals surface area contributed by atoms with Gasteiger partial charge in [-0.3, -0.25) is 9.59 Å². The average Bonchev–Trinajstić information content (AvgIpc) is 3.05. The minimum atomic E-state index is -0.624. The van der Waals surface area contributed by atoms with E-state index in [1.54, 1.807) is 23.1 Å². The molecule has 0 bridgehead atoms. The van der Waals surface area contributed by atoms with Gasteiger partial charge in [0.15, 0.2) is 11.5 Å². The highest BCUT2D eigenvalue weighted by molar-refractivity contribution is 6.06. The van der Waals surface area contributed by atoms with Gasteiger partial charge in [0.2, 0.25) is 5.91 Å². The fourth-order valence-corrected chi connectivity index (χ4v) is 5.80. The number of amides is 3. The summed E-state index contributed by atoms with van der Waals surface area (Å²) in [5, 5.41) is 3.02. The quantitative estimate of drug-likeness (QED) is 0.322. The molecule has 5 rings (SSSR count). The molecule has 0 aromatic heterocycles. The molecule has 2 aliphatic rings. The fourth-order valence-electron chi connectivity index (χ4n) is 5.80. The number of aryl methyl sites for hydroxylation is 1. The molecule has 2 heterocycles. The second-order valence-electron chi connectivity index (χ2n) is 12.8. The topological polar surface area (TPSA) is 133 Å². The van der Waals surface area contributed by atoms with Crippen LogP contribution < -0.4 is 25.4 Å². The number of likely N-dealkylation sites (tertiary alicyclic amines) is 1. The van der Waals surface area contributed by atoms with E-state index in [1.807, 2.05) is 64.1 Å². The molecule has 0 unspecified atom stereocenters. The van der Waals surface area contributed by atoms with Crippen molar-refractivity contribution in [3.05, 3.63) is 71.3 Å². The van der Waals surface area contributed by atoms with E-state index in [1.165, 1.54) is 7.11 Å². The maximum absolute atomic E-state index is 13.4. The smallest absolute Gasteiger partial charge is 0.410 e. The van der Waals surface area contributed by atoms with E-state index in [0.29, 0.717) is 73.0 Å². The molecule has 0 atom stereocenters. The van der Waals surface area contributed by atoms with E-state index in [-0.39, 0.29) is 23.7 Å². The molecule has 2 aliphatic heterocycles. The Bertz CT molecular complexity index is 1620. The molecule has 3 aromatic rings. The number of carbonyl (C=O) groups excluding carboxylic acids is 3. The molecule has 2 saturated heterocycles. The molecule has 3 amide bonds. The number of rotatable bonds is 8. The number of methoxy groups -OCH3 is 1. The van der Waals surface area contributed by atoms with Gasteiger partial charge < -0.3 is 39.8 Å². The van der Waals surface area contributed by atoms with Crippen LogP contribution >= 0.6 is 0 Å². The molecule has 3 aromatic carbocycles. The molecule has 3 N–H and O–H groups in total. The first kappa shape index (κ1) is 33.6. The second kappa shape index (κ2) is 14.3. The number of primary amides is 1. The number of nitrogens with zero attached hydrogens (tertiary/aromatic N) is 2. The number of hydrogen-bond donors (Lipinski definition) is 2. The van der Waals surface area contributed by atoms with Crippen LogP contribution in [0.15, 0.2) is 54.6 Å². The van der Waals surface area contributed by atoms with Crippen LogP contribution in [0.2, 0.25) is 0 Å². The highest BCUT2D eigenvalue weighted by Crippen LogP contribution is 2.44. The summed E-state index contributed by atoms with van der Waals surface area (Å²) in [6.45, 7) is 11.2. The molecule has 0 radical (unpaired) electrons. The predicted molar refractivity (Wildman–Crippen MR) is 181 cm³/mol. The number of piperidine rings is 1. The highest BCUT2D eigenvalue weighted by atomic mass is 16.6. The Balaban J connectivity index is 1.42. The molecule has 0 saturated carbocycles. The van der Waals surface area contributed by atoms with Crippen LogP contribution in [0, 0.1) is 6.92 Å². The van der Waals surface area contributed by atoms with Crippen LogP contribution in [0.5, 0.6) is 11.5 Å². The van der Waals surface area contributed by atoms with Crippen molar-refractivity contribution in [1.29, 1.82) is 0 Å². The van der Waals surface area contributed by atoms with Gasteiger partial charge in [-0.05, 0) is 81.3 Å². The van der Waals surface area contributed by atoms with Crippen LogP contribution in [-0.2, 0) is 9.47 Å². The third-order valence-electron chi connectivity index (χ3n) is 8.23. The zero-order valence-corrected chi connectivity index (χ0v) is 27.8. The molecule has 2 fully saturated rings. The van der Waals surface area contributed by atoms with E-state index in [2.05, 4.69) is 10.2 Å². The van der Waals surface area contributed by atoms with Gasteiger partial charge in [-0.1, -0.05) is 12.1 Å². The number of carbonyl (C=O) groups is 3. The first-order chi connectivity index (χ1) is 22.4. The summed E-state index contributed by atoms with van der Waals surface area (Å²) in [6, 6.07) is 16.3. The van der Waals surface area contributed by atoms with Crippen molar-refractivity contribution in [1.82, 2.24) is 4.90 Å². The van der Waals surface area contributed by atoms with Crippen LogP contribution in [0.4, 0.5) is 16.2 Å². The van der Waals surface area contributed by atoms with Crippen molar-refractivity contribution in [2.75, 3.05) is 56.7 Å². The van der Waals surface area contributed by atoms with Gasteiger partial charge in [0.1, 0.15) is 11.7 Å². The monoisotopic (exact) mass is 644 g/mol. The number of anilines is 2. The fraction of sp³-hybridized carbons (Fsp3) is 0.417. The van der Waals surface area contributed by atoms with Gasteiger partial charge in [-0.2, -0.15) is 0 Å². The van der Waals surface area contributed by atoms with E-state index in [9.17, 15) is 14.4 Å². The number of morpholine rings is 1. The van der Waals surface area contributed by atoms with Gasteiger partial charge >= 0.3 is 6.09 Å². The first-order valence-corrected chi connectivity index (χ1v) is 15.9. The van der Waals surface area contributed by atoms with Gasteiger partial charge in [0.25, 0.3) is 5.91 Å². The summed E-state index contributed by atoms with van der Waals surface area (Å²) in [5.74, 6) is -0.0671. The lowest BCUT2D eigenvalue weighted by atomic mass is 9.93. The van der Waals surface area contributed by atoms with Crippen molar-refractivity contribution < 1.29 is 33.3 Å². The highest BCUT2D eigenvalue weighted by Gasteiger charge is 2.30. The standard InChI is InChI=1S/C36H44N4O7/c1-23-9-10-25(38-34(42)24-7-6-8-26(21-24)39-17-19-45-20-18-39)22-29(23)31-28(33(37)41)11-12-30(44-5)32(31)46-27-13-15-40(16-14-27)35(43)47-36(2,3)4/h6-12,21-22,27H,13-20H2,1-5H3,(H2,37,41)(H,38,42). The number of nitrogens with two attached hydrogens (primary N) is 1. The van der Waals surface area contributed by atoms with Gasteiger partial charge in [0.05, 0.1) is 25.9 Å². The zero-order valence-electron chi connectivity index (χ0n) is 27.8. The van der Waals surface area contributed by atoms with E-state index < -0.39 is 11.5 Å². The van der Waals surface area contributed by atoms with Crippen molar-refractivity contribution >= 4 is 29.3 Å². The lowest BCUT2D eigenvalue weighted by Crippen LogP contribution is -2.44.